The minimum atomic E-state index is 0.00896. The maximum Gasteiger partial charge on any atom is 0.253 e. The standard InChI is InChI=1S/C20H35N5O2/c1-6-21-20(22-12-14-25(4)13-7-15-27-5)23-16-17-8-10-18(11-9-17)19(26)24(2)3/h8-11H,6-7,12-16H2,1-5H3,(H2,21,22,23). The van der Waals surface area contributed by atoms with Crippen LogP contribution < -0.4 is 10.6 Å². The molecule has 0 atom stereocenters. The lowest BCUT2D eigenvalue weighted by Gasteiger charge is -2.18. The van der Waals surface area contributed by atoms with E-state index in [1.54, 1.807) is 26.1 Å². The van der Waals surface area contributed by atoms with Gasteiger partial charge in [0.2, 0.25) is 0 Å². The Bertz CT molecular complexity index is 572. The minimum Gasteiger partial charge on any atom is -0.385 e. The molecule has 0 aliphatic heterocycles. The van der Waals surface area contributed by atoms with Crippen LogP contribution >= 0.6 is 0 Å². The molecule has 152 valence electrons. The highest BCUT2D eigenvalue weighted by atomic mass is 16.5. The molecule has 0 radical (unpaired) electrons. The van der Waals surface area contributed by atoms with Crippen LogP contribution in [0.4, 0.5) is 0 Å². The molecule has 1 aromatic carbocycles. The van der Waals surface area contributed by atoms with E-state index in [0.29, 0.717) is 12.1 Å². The van der Waals surface area contributed by atoms with Gasteiger partial charge in [-0.15, -0.1) is 0 Å². The predicted octanol–water partition coefficient (Wildman–Crippen LogP) is 1.41. The van der Waals surface area contributed by atoms with E-state index >= 15 is 0 Å². The molecule has 2 N–H and O–H groups in total. The summed E-state index contributed by atoms with van der Waals surface area (Å²) in [6.07, 6.45) is 1.04. The van der Waals surface area contributed by atoms with Crippen LogP contribution in [0.2, 0.25) is 0 Å². The van der Waals surface area contributed by atoms with Crippen LogP contribution in [0.5, 0.6) is 0 Å². The number of methoxy groups -OCH3 is 1. The number of rotatable bonds is 11. The molecular weight excluding hydrogens is 342 g/mol. The SMILES string of the molecule is CCNC(=NCc1ccc(C(=O)N(C)C)cc1)NCCN(C)CCCOC. The van der Waals surface area contributed by atoms with Gasteiger partial charge in [0.05, 0.1) is 6.54 Å². The van der Waals surface area contributed by atoms with E-state index in [0.717, 1.165) is 50.7 Å². The van der Waals surface area contributed by atoms with Crippen LogP contribution in [0.25, 0.3) is 0 Å². The molecule has 0 aliphatic carbocycles. The monoisotopic (exact) mass is 377 g/mol. The molecular formula is C20H35N5O2. The quantitative estimate of drug-likeness (QED) is 0.347. The number of likely N-dealkylation sites (N-methyl/N-ethyl adjacent to an activating group) is 1. The molecule has 1 amide bonds. The molecule has 0 bridgehead atoms. The molecule has 0 heterocycles. The number of amides is 1. The maximum atomic E-state index is 11.9. The normalized spacial score (nSPS) is 11.6. The minimum absolute atomic E-state index is 0.00896. The zero-order valence-electron chi connectivity index (χ0n) is 17.4. The van der Waals surface area contributed by atoms with Gasteiger partial charge in [-0.3, -0.25) is 4.79 Å². The lowest BCUT2D eigenvalue weighted by Crippen LogP contribution is -2.41. The number of benzene rings is 1. The lowest BCUT2D eigenvalue weighted by molar-refractivity contribution is 0.0827. The number of guanidine groups is 1. The third kappa shape index (κ3) is 9.40. The average molecular weight is 378 g/mol. The summed E-state index contributed by atoms with van der Waals surface area (Å²) in [4.78, 5) is 20.4. The fraction of sp³-hybridized carbons (Fsp3) is 0.600. The fourth-order valence-corrected chi connectivity index (χ4v) is 2.48. The summed E-state index contributed by atoms with van der Waals surface area (Å²) < 4.78 is 5.08. The maximum absolute atomic E-state index is 11.9. The second kappa shape index (κ2) is 13.1. The first kappa shape index (κ1) is 22.9. The summed E-state index contributed by atoms with van der Waals surface area (Å²) in [5.41, 5.74) is 1.76. The Morgan fingerprint density at radius 3 is 2.41 bits per heavy atom. The molecule has 7 nitrogen and oxygen atoms in total. The van der Waals surface area contributed by atoms with Crippen LogP contribution in [0, 0.1) is 0 Å². The summed E-state index contributed by atoms with van der Waals surface area (Å²) >= 11 is 0. The van der Waals surface area contributed by atoms with Crippen molar-refractivity contribution < 1.29 is 9.53 Å². The van der Waals surface area contributed by atoms with Crippen LogP contribution in [0.3, 0.4) is 0 Å². The van der Waals surface area contributed by atoms with E-state index in [2.05, 4.69) is 34.5 Å². The Labute approximate surface area is 163 Å². The number of carbonyl (C=O) groups excluding carboxylic acids is 1. The summed E-state index contributed by atoms with van der Waals surface area (Å²) in [5.74, 6) is 0.811. The molecule has 27 heavy (non-hydrogen) atoms. The van der Waals surface area contributed by atoms with Crippen LogP contribution in [0.15, 0.2) is 29.3 Å². The van der Waals surface area contributed by atoms with Gasteiger partial charge in [0, 0.05) is 59.6 Å². The van der Waals surface area contributed by atoms with Crippen molar-refractivity contribution >= 4 is 11.9 Å². The summed E-state index contributed by atoms with van der Waals surface area (Å²) in [5, 5.41) is 6.62. The van der Waals surface area contributed by atoms with Crippen molar-refractivity contribution in [2.45, 2.75) is 19.9 Å². The van der Waals surface area contributed by atoms with Gasteiger partial charge >= 0.3 is 0 Å². The smallest absolute Gasteiger partial charge is 0.253 e. The van der Waals surface area contributed by atoms with E-state index in [1.165, 1.54) is 0 Å². The van der Waals surface area contributed by atoms with E-state index in [1.807, 2.05) is 24.3 Å². The molecule has 0 aromatic heterocycles. The highest BCUT2D eigenvalue weighted by Gasteiger charge is 2.07. The second-order valence-corrected chi connectivity index (χ2v) is 6.67. The number of ether oxygens (including phenoxy) is 1. The van der Waals surface area contributed by atoms with Gasteiger partial charge in [-0.2, -0.15) is 0 Å². The largest absolute Gasteiger partial charge is 0.385 e. The second-order valence-electron chi connectivity index (χ2n) is 6.67. The summed E-state index contributed by atoms with van der Waals surface area (Å²) in [7, 11) is 7.35. The number of hydrogen-bond donors (Lipinski definition) is 2. The van der Waals surface area contributed by atoms with Crippen molar-refractivity contribution in [3.8, 4) is 0 Å². The molecule has 0 fully saturated rings. The summed E-state index contributed by atoms with van der Waals surface area (Å²) in [6.45, 7) is 7.00. The molecule has 7 heteroatoms. The van der Waals surface area contributed by atoms with Crippen LogP contribution in [-0.2, 0) is 11.3 Å². The number of nitrogens with one attached hydrogen (secondary N) is 2. The first-order valence-electron chi connectivity index (χ1n) is 9.48. The first-order valence-corrected chi connectivity index (χ1v) is 9.48. The number of carbonyl (C=O) groups is 1. The van der Waals surface area contributed by atoms with Crippen molar-refractivity contribution in [3.05, 3.63) is 35.4 Å². The molecule has 1 aromatic rings. The van der Waals surface area contributed by atoms with Crippen molar-refractivity contribution in [2.75, 3.05) is 61.0 Å². The zero-order valence-corrected chi connectivity index (χ0v) is 17.4. The first-order chi connectivity index (χ1) is 13.0. The Hall–Kier alpha value is -2.12. The van der Waals surface area contributed by atoms with Crippen molar-refractivity contribution in [2.24, 2.45) is 4.99 Å². The van der Waals surface area contributed by atoms with Crippen molar-refractivity contribution in [3.63, 3.8) is 0 Å². The van der Waals surface area contributed by atoms with E-state index < -0.39 is 0 Å². The third-order valence-corrected chi connectivity index (χ3v) is 4.05. The molecule has 0 aliphatic rings. The predicted molar refractivity (Wildman–Crippen MR) is 111 cm³/mol. The molecule has 0 saturated carbocycles. The van der Waals surface area contributed by atoms with Gasteiger partial charge in [-0.1, -0.05) is 12.1 Å². The number of hydrogen-bond acceptors (Lipinski definition) is 4. The topological polar surface area (TPSA) is 69.2 Å². The van der Waals surface area contributed by atoms with Gasteiger partial charge in [-0.25, -0.2) is 4.99 Å². The highest BCUT2D eigenvalue weighted by molar-refractivity contribution is 5.93. The highest BCUT2D eigenvalue weighted by Crippen LogP contribution is 2.07. The molecule has 0 spiro atoms. The van der Waals surface area contributed by atoms with Gasteiger partial charge in [0.25, 0.3) is 5.91 Å². The van der Waals surface area contributed by atoms with E-state index in [4.69, 9.17) is 4.74 Å². The Morgan fingerprint density at radius 2 is 1.81 bits per heavy atom. The fourth-order valence-electron chi connectivity index (χ4n) is 2.48. The van der Waals surface area contributed by atoms with Gasteiger partial charge < -0.3 is 25.2 Å². The van der Waals surface area contributed by atoms with Gasteiger partial charge in [0.15, 0.2) is 5.96 Å². The third-order valence-electron chi connectivity index (χ3n) is 4.05. The molecule has 0 unspecified atom stereocenters. The number of aliphatic imine (C=N–C) groups is 1. The Morgan fingerprint density at radius 1 is 1.11 bits per heavy atom. The van der Waals surface area contributed by atoms with Gasteiger partial charge in [0.1, 0.15) is 0 Å². The average Bonchev–Trinajstić information content (AvgIpc) is 2.66. The van der Waals surface area contributed by atoms with Crippen molar-refractivity contribution in [1.29, 1.82) is 0 Å². The molecule has 1 rings (SSSR count). The summed E-state index contributed by atoms with van der Waals surface area (Å²) in [6, 6.07) is 7.60. The van der Waals surface area contributed by atoms with Crippen molar-refractivity contribution in [1.82, 2.24) is 20.4 Å². The molecule has 0 saturated heterocycles. The van der Waals surface area contributed by atoms with Gasteiger partial charge in [-0.05, 0) is 38.1 Å². The van der Waals surface area contributed by atoms with Crippen LogP contribution in [-0.4, -0.2) is 82.7 Å². The van der Waals surface area contributed by atoms with Crippen LogP contribution in [0.1, 0.15) is 29.3 Å². The lowest BCUT2D eigenvalue weighted by atomic mass is 10.1. The Balaban J connectivity index is 2.49. The van der Waals surface area contributed by atoms with E-state index in [9.17, 15) is 4.79 Å². The zero-order chi connectivity index (χ0) is 20.1. The number of nitrogens with zero attached hydrogens (tertiary/aromatic N) is 3. The Kier molecular flexibility index (Phi) is 11.1. The van der Waals surface area contributed by atoms with E-state index in [-0.39, 0.29) is 5.91 Å².